The van der Waals surface area contributed by atoms with E-state index in [1.54, 1.807) is 0 Å². The van der Waals surface area contributed by atoms with Gasteiger partial charge in [-0.2, -0.15) is 0 Å². The van der Waals surface area contributed by atoms with E-state index in [1.165, 1.54) is 5.56 Å². The van der Waals surface area contributed by atoms with Crippen LogP contribution in [-0.4, -0.2) is 27.4 Å². The van der Waals surface area contributed by atoms with Crippen molar-refractivity contribution in [3.8, 4) is 5.75 Å². The van der Waals surface area contributed by atoms with Gasteiger partial charge in [0.25, 0.3) is 0 Å². The van der Waals surface area contributed by atoms with Crippen molar-refractivity contribution in [2.75, 3.05) is 6.61 Å². The lowest BCUT2D eigenvalue weighted by atomic mass is 10.1. The van der Waals surface area contributed by atoms with Crippen LogP contribution in [0.15, 0.2) is 36.4 Å². The molecule has 0 unspecified atom stereocenters. The number of aliphatic hydroxyl groups excluding tert-OH is 1. The zero-order valence-corrected chi connectivity index (χ0v) is 14.7. The van der Waals surface area contributed by atoms with Gasteiger partial charge in [0.05, 0.1) is 17.6 Å². The minimum Gasteiger partial charge on any atom is -0.490 e. The predicted molar refractivity (Wildman–Crippen MR) is 96.6 cm³/mol. The molecule has 2 aromatic carbocycles. The van der Waals surface area contributed by atoms with Crippen molar-refractivity contribution in [1.29, 1.82) is 0 Å². The van der Waals surface area contributed by atoms with Crippen molar-refractivity contribution in [2.24, 2.45) is 0 Å². The summed E-state index contributed by atoms with van der Waals surface area (Å²) in [5.74, 6) is 1.77. The van der Waals surface area contributed by atoms with Crippen LogP contribution >= 0.6 is 0 Å². The number of ether oxygens (including phenoxy) is 1. The van der Waals surface area contributed by atoms with E-state index in [0.29, 0.717) is 6.54 Å². The van der Waals surface area contributed by atoms with Crippen LogP contribution in [0.25, 0.3) is 11.0 Å². The van der Waals surface area contributed by atoms with E-state index < -0.39 is 6.10 Å². The largest absolute Gasteiger partial charge is 0.490 e. The molecular weight excluding hydrogens is 300 g/mol. The maximum absolute atomic E-state index is 10.4. The molecule has 1 heterocycles. The monoisotopic (exact) mass is 324 g/mol. The summed E-state index contributed by atoms with van der Waals surface area (Å²) in [6, 6.07) is 12.2. The zero-order valence-electron chi connectivity index (χ0n) is 14.7. The van der Waals surface area contributed by atoms with E-state index in [9.17, 15) is 5.11 Å². The summed E-state index contributed by atoms with van der Waals surface area (Å²) >= 11 is 0. The molecule has 0 aliphatic carbocycles. The lowest BCUT2D eigenvalue weighted by Crippen LogP contribution is -2.24. The van der Waals surface area contributed by atoms with E-state index in [1.807, 2.05) is 49.6 Å². The standard InChI is InChI=1S/C20H24N2O2/c1-13-9-14(2)20(15(3)10-13)24-12-17(23)11-22-16(4)21-18-7-5-6-8-19(18)22/h5-10,17,23H,11-12H2,1-4H3/t17-/m0/s1. The number of benzene rings is 2. The Morgan fingerprint density at radius 2 is 1.75 bits per heavy atom. The predicted octanol–water partition coefficient (Wildman–Crippen LogP) is 3.71. The van der Waals surface area contributed by atoms with Crippen LogP contribution in [0, 0.1) is 27.7 Å². The summed E-state index contributed by atoms with van der Waals surface area (Å²) < 4.78 is 7.94. The minimum absolute atomic E-state index is 0.261. The first-order chi connectivity index (χ1) is 11.5. The van der Waals surface area contributed by atoms with Crippen LogP contribution in [0.3, 0.4) is 0 Å². The van der Waals surface area contributed by atoms with E-state index in [0.717, 1.165) is 33.7 Å². The summed E-state index contributed by atoms with van der Waals surface area (Å²) in [7, 11) is 0. The van der Waals surface area contributed by atoms with Gasteiger partial charge < -0.3 is 14.4 Å². The molecule has 1 N–H and O–H groups in total. The third kappa shape index (κ3) is 3.29. The van der Waals surface area contributed by atoms with Gasteiger partial charge in [-0.15, -0.1) is 0 Å². The summed E-state index contributed by atoms with van der Waals surface area (Å²) in [5.41, 5.74) is 5.41. The molecule has 0 saturated heterocycles. The van der Waals surface area contributed by atoms with Crippen molar-refractivity contribution < 1.29 is 9.84 Å². The Morgan fingerprint density at radius 3 is 2.46 bits per heavy atom. The average Bonchev–Trinajstić information content (AvgIpc) is 2.82. The number of aliphatic hydroxyl groups is 1. The molecular formula is C20H24N2O2. The van der Waals surface area contributed by atoms with Crippen molar-refractivity contribution >= 4 is 11.0 Å². The van der Waals surface area contributed by atoms with E-state index in [2.05, 4.69) is 24.0 Å². The third-order valence-electron chi connectivity index (χ3n) is 4.26. The number of aryl methyl sites for hydroxylation is 4. The molecule has 3 rings (SSSR count). The number of hydrogen-bond acceptors (Lipinski definition) is 3. The molecule has 1 atom stereocenters. The molecule has 0 bridgehead atoms. The van der Waals surface area contributed by atoms with Gasteiger partial charge >= 0.3 is 0 Å². The van der Waals surface area contributed by atoms with Crippen molar-refractivity contribution in [3.05, 3.63) is 58.9 Å². The summed E-state index contributed by atoms with van der Waals surface area (Å²) in [4.78, 5) is 4.53. The van der Waals surface area contributed by atoms with E-state index in [-0.39, 0.29) is 6.61 Å². The molecule has 0 amide bonds. The first-order valence-electron chi connectivity index (χ1n) is 8.26. The SMILES string of the molecule is Cc1cc(C)c(OC[C@@H](O)Cn2c(C)nc3ccccc32)c(C)c1. The first-order valence-corrected chi connectivity index (χ1v) is 8.26. The second-order valence-corrected chi connectivity index (χ2v) is 6.45. The number of hydrogen-bond donors (Lipinski definition) is 1. The highest BCUT2D eigenvalue weighted by molar-refractivity contribution is 5.75. The molecule has 0 spiro atoms. The Balaban J connectivity index is 1.72. The van der Waals surface area contributed by atoms with Crippen LogP contribution in [0.5, 0.6) is 5.75 Å². The summed E-state index contributed by atoms with van der Waals surface area (Å²) in [5, 5.41) is 10.4. The van der Waals surface area contributed by atoms with Gasteiger partial charge in [0.15, 0.2) is 0 Å². The van der Waals surface area contributed by atoms with Gasteiger partial charge in [-0.1, -0.05) is 29.8 Å². The van der Waals surface area contributed by atoms with Crippen LogP contribution in [0.1, 0.15) is 22.5 Å². The number of aromatic nitrogens is 2. The van der Waals surface area contributed by atoms with Gasteiger partial charge in [-0.25, -0.2) is 4.98 Å². The lowest BCUT2D eigenvalue weighted by molar-refractivity contribution is 0.0923. The first kappa shape index (κ1) is 16.5. The van der Waals surface area contributed by atoms with E-state index >= 15 is 0 Å². The minimum atomic E-state index is -0.596. The topological polar surface area (TPSA) is 47.3 Å². The zero-order chi connectivity index (χ0) is 17.3. The van der Waals surface area contributed by atoms with Crippen LogP contribution < -0.4 is 4.74 Å². The highest BCUT2D eigenvalue weighted by Crippen LogP contribution is 2.25. The Hall–Kier alpha value is -2.33. The summed E-state index contributed by atoms with van der Waals surface area (Å²) in [6.45, 7) is 8.84. The normalized spacial score (nSPS) is 12.5. The fourth-order valence-electron chi connectivity index (χ4n) is 3.26. The molecule has 0 aliphatic heterocycles. The highest BCUT2D eigenvalue weighted by atomic mass is 16.5. The Bertz CT molecular complexity index is 844. The summed E-state index contributed by atoms with van der Waals surface area (Å²) in [6.07, 6.45) is -0.596. The van der Waals surface area contributed by atoms with Crippen molar-refractivity contribution in [2.45, 2.75) is 40.3 Å². The quantitative estimate of drug-likeness (QED) is 0.778. The van der Waals surface area contributed by atoms with Crippen LogP contribution in [0.4, 0.5) is 0 Å². The molecule has 1 aromatic heterocycles. The smallest absolute Gasteiger partial charge is 0.125 e. The number of rotatable bonds is 5. The van der Waals surface area contributed by atoms with Crippen molar-refractivity contribution in [3.63, 3.8) is 0 Å². The van der Waals surface area contributed by atoms with Gasteiger partial charge in [0.2, 0.25) is 0 Å². The van der Waals surface area contributed by atoms with Gasteiger partial charge in [0.1, 0.15) is 24.3 Å². The van der Waals surface area contributed by atoms with E-state index in [4.69, 9.17) is 4.74 Å². The Morgan fingerprint density at radius 1 is 1.08 bits per heavy atom. The highest BCUT2D eigenvalue weighted by Gasteiger charge is 2.13. The fraction of sp³-hybridized carbons (Fsp3) is 0.350. The molecule has 3 aromatic rings. The molecule has 0 fully saturated rings. The molecule has 0 aliphatic rings. The second-order valence-electron chi connectivity index (χ2n) is 6.45. The number of imidazole rings is 1. The number of nitrogens with zero attached hydrogens (tertiary/aromatic N) is 2. The lowest BCUT2D eigenvalue weighted by Gasteiger charge is -2.17. The molecule has 126 valence electrons. The molecule has 24 heavy (non-hydrogen) atoms. The molecule has 0 saturated carbocycles. The fourth-order valence-corrected chi connectivity index (χ4v) is 3.26. The maximum atomic E-state index is 10.4. The van der Waals surface area contributed by atoms with Crippen LogP contribution in [0.2, 0.25) is 0 Å². The Kier molecular flexibility index (Phi) is 4.58. The second kappa shape index (κ2) is 6.65. The van der Waals surface area contributed by atoms with Gasteiger partial charge in [0, 0.05) is 0 Å². The molecule has 4 heteroatoms. The van der Waals surface area contributed by atoms with Gasteiger partial charge in [-0.05, 0) is 51.0 Å². The molecule has 0 radical (unpaired) electrons. The van der Waals surface area contributed by atoms with Crippen molar-refractivity contribution in [1.82, 2.24) is 9.55 Å². The Labute approximate surface area is 142 Å². The average molecular weight is 324 g/mol. The third-order valence-corrected chi connectivity index (χ3v) is 4.26. The number of fused-ring (bicyclic) bond motifs is 1. The maximum Gasteiger partial charge on any atom is 0.125 e. The van der Waals surface area contributed by atoms with Crippen LogP contribution in [-0.2, 0) is 6.54 Å². The van der Waals surface area contributed by atoms with Gasteiger partial charge in [-0.3, -0.25) is 0 Å². The number of para-hydroxylation sites is 2. The molecule has 4 nitrogen and oxygen atoms in total.